The van der Waals surface area contributed by atoms with Crippen molar-refractivity contribution >= 4 is 29.9 Å². The van der Waals surface area contributed by atoms with Crippen LogP contribution >= 0.6 is 24.0 Å². The number of aromatic nitrogens is 3. The van der Waals surface area contributed by atoms with E-state index in [-0.39, 0.29) is 24.0 Å². The average molecular weight is 548 g/mol. The third-order valence-electron chi connectivity index (χ3n) is 5.23. The third kappa shape index (κ3) is 5.90. The van der Waals surface area contributed by atoms with Crippen molar-refractivity contribution in [3.05, 3.63) is 71.3 Å². The van der Waals surface area contributed by atoms with E-state index in [9.17, 15) is 0 Å². The lowest BCUT2D eigenvalue weighted by molar-refractivity contribution is 0.171. The molecule has 3 aromatic rings. The zero-order valence-electron chi connectivity index (χ0n) is 18.6. The number of rotatable bonds is 6. The maximum atomic E-state index is 5.72. The summed E-state index contributed by atoms with van der Waals surface area (Å²) in [6.07, 6.45) is 0. The number of benzene rings is 2. The molecule has 0 saturated heterocycles. The zero-order chi connectivity index (χ0) is 21.6. The maximum Gasteiger partial charge on any atom is 0.194 e. The molecule has 0 fully saturated rings. The minimum Gasteiger partial charge on any atom is -0.486 e. The van der Waals surface area contributed by atoms with Gasteiger partial charge in [0.05, 0.1) is 13.1 Å². The van der Waals surface area contributed by atoms with E-state index in [4.69, 9.17) is 14.5 Å². The van der Waals surface area contributed by atoms with Gasteiger partial charge in [0.15, 0.2) is 23.3 Å². The summed E-state index contributed by atoms with van der Waals surface area (Å²) in [7, 11) is 3.99. The number of hydrogen-bond donors (Lipinski definition) is 1. The van der Waals surface area contributed by atoms with Gasteiger partial charge in [-0.05, 0) is 30.2 Å². The van der Waals surface area contributed by atoms with Crippen LogP contribution in [-0.2, 0) is 26.7 Å². The molecule has 0 amide bonds. The van der Waals surface area contributed by atoms with Gasteiger partial charge < -0.3 is 24.3 Å². The molecule has 2 heterocycles. The lowest BCUT2D eigenvalue weighted by Gasteiger charge is -2.24. The summed E-state index contributed by atoms with van der Waals surface area (Å²) < 4.78 is 13.3. The molecule has 1 N–H and O–H groups in total. The van der Waals surface area contributed by atoms with Crippen LogP contribution in [0.3, 0.4) is 0 Å². The summed E-state index contributed by atoms with van der Waals surface area (Å²) in [4.78, 5) is 6.94. The highest BCUT2D eigenvalue weighted by Crippen LogP contribution is 2.31. The van der Waals surface area contributed by atoms with E-state index in [1.54, 1.807) is 0 Å². The van der Waals surface area contributed by atoms with Gasteiger partial charge >= 0.3 is 0 Å². The highest BCUT2D eigenvalue weighted by Gasteiger charge is 2.14. The number of nitrogens with one attached hydrogen (secondary N) is 1. The molecule has 4 rings (SSSR count). The number of nitrogens with zero attached hydrogens (tertiary/aromatic N) is 5. The molecule has 0 bridgehead atoms. The minimum atomic E-state index is 0. The van der Waals surface area contributed by atoms with Crippen LogP contribution < -0.4 is 14.8 Å². The Morgan fingerprint density at radius 3 is 2.53 bits per heavy atom. The molecule has 0 unspecified atom stereocenters. The van der Waals surface area contributed by atoms with Crippen LogP contribution in [0.4, 0.5) is 0 Å². The van der Waals surface area contributed by atoms with Crippen LogP contribution in [0, 0.1) is 6.92 Å². The quantitative estimate of drug-likeness (QED) is 0.290. The molecule has 0 radical (unpaired) electrons. The summed E-state index contributed by atoms with van der Waals surface area (Å²) in [6.45, 7) is 4.91. The Labute approximate surface area is 205 Å². The molecular weight excluding hydrogens is 519 g/mol. The van der Waals surface area contributed by atoms with Gasteiger partial charge in [-0.1, -0.05) is 36.4 Å². The van der Waals surface area contributed by atoms with E-state index in [1.807, 2.05) is 55.9 Å². The van der Waals surface area contributed by atoms with Crippen LogP contribution in [0.25, 0.3) is 0 Å². The van der Waals surface area contributed by atoms with Gasteiger partial charge in [-0.3, -0.25) is 0 Å². The molecule has 8 nitrogen and oxygen atoms in total. The maximum absolute atomic E-state index is 5.72. The predicted molar refractivity (Wildman–Crippen MR) is 134 cm³/mol. The monoisotopic (exact) mass is 548 g/mol. The van der Waals surface area contributed by atoms with Crippen LogP contribution in [0.1, 0.15) is 22.8 Å². The van der Waals surface area contributed by atoms with Crippen LogP contribution in [0.5, 0.6) is 11.5 Å². The molecule has 0 aliphatic carbocycles. The molecular formula is C23H29IN6O2. The van der Waals surface area contributed by atoms with Gasteiger partial charge in [-0.2, -0.15) is 0 Å². The van der Waals surface area contributed by atoms with E-state index >= 15 is 0 Å². The fraction of sp³-hybridized carbons (Fsp3) is 0.348. The molecule has 170 valence electrons. The molecule has 32 heavy (non-hydrogen) atoms. The van der Waals surface area contributed by atoms with Gasteiger partial charge in [0, 0.05) is 20.6 Å². The summed E-state index contributed by atoms with van der Waals surface area (Å²) in [5.41, 5.74) is 2.28. The van der Waals surface area contributed by atoms with Crippen molar-refractivity contribution in [1.29, 1.82) is 0 Å². The van der Waals surface area contributed by atoms with E-state index < -0.39 is 0 Å². The zero-order valence-corrected chi connectivity index (χ0v) is 20.9. The normalized spacial score (nSPS) is 12.8. The minimum absolute atomic E-state index is 0. The first-order valence-electron chi connectivity index (χ1n) is 10.4. The fourth-order valence-corrected chi connectivity index (χ4v) is 3.36. The second kappa shape index (κ2) is 11.2. The number of ether oxygens (including phenoxy) is 2. The first-order valence-corrected chi connectivity index (χ1v) is 10.4. The average Bonchev–Trinajstić information content (AvgIpc) is 3.12. The first-order chi connectivity index (χ1) is 15.1. The van der Waals surface area contributed by atoms with Crippen molar-refractivity contribution in [2.24, 2.45) is 12.0 Å². The standard InChI is InChI=1S/C23H28N6O2.HI/c1-17-26-27-22(29(17)3)15-25-23(24-14-18-7-5-4-6-8-18)28(2)16-19-9-10-20-21(13-19)31-12-11-30-20;/h4-10,13H,11-12,14-16H2,1-3H3,(H,24,25);1H. The fourth-order valence-electron chi connectivity index (χ4n) is 3.36. The smallest absolute Gasteiger partial charge is 0.194 e. The Kier molecular flexibility index (Phi) is 8.32. The summed E-state index contributed by atoms with van der Waals surface area (Å²) in [5.74, 6) is 4.12. The third-order valence-corrected chi connectivity index (χ3v) is 5.23. The van der Waals surface area contributed by atoms with Crippen LogP contribution in [-0.4, -0.2) is 45.9 Å². The van der Waals surface area contributed by atoms with Gasteiger partial charge in [-0.15, -0.1) is 34.2 Å². The lowest BCUT2D eigenvalue weighted by atomic mass is 10.2. The molecule has 9 heteroatoms. The van der Waals surface area contributed by atoms with E-state index in [1.165, 1.54) is 0 Å². The highest BCUT2D eigenvalue weighted by atomic mass is 127. The lowest BCUT2D eigenvalue weighted by Crippen LogP contribution is -2.38. The Morgan fingerprint density at radius 2 is 1.81 bits per heavy atom. The predicted octanol–water partition coefficient (Wildman–Crippen LogP) is 3.29. The van der Waals surface area contributed by atoms with Crippen molar-refractivity contribution in [2.75, 3.05) is 20.3 Å². The van der Waals surface area contributed by atoms with Gasteiger partial charge in [-0.25, -0.2) is 4.99 Å². The number of aryl methyl sites for hydroxylation is 1. The largest absolute Gasteiger partial charge is 0.486 e. The van der Waals surface area contributed by atoms with Gasteiger partial charge in [0.25, 0.3) is 0 Å². The topological polar surface area (TPSA) is 76.8 Å². The molecule has 1 aliphatic heterocycles. The van der Waals surface area contributed by atoms with Gasteiger partial charge in [0.2, 0.25) is 0 Å². The summed E-state index contributed by atoms with van der Waals surface area (Å²) >= 11 is 0. The van der Waals surface area contributed by atoms with Crippen LogP contribution in [0.2, 0.25) is 0 Å². The second-order valence-corrected chi connectivity index (χ2v) is 7.54. The first kappa shape index (κ1) is 23.8. The summed E-state index contributed by atoms with van der Waals surface area (Å²) in [5, 5.41) is 11.8. The molecule has 0 spiro atoms. The van der Waals surface area contributed by atoms with Crippen LogP contribution in [0.15, 0.2) is 53.5 Å². The molecule has 2 aromatic carbocycles. The van der Waals surface area contributed by atoms with Crippen molar-refractivity contribution < 1.29 is 9.47 Å². The molecule has 1 aliphatic rings. The van der Waals surface area contributed by atoms with Crippen molar-refractivity contribution in [3.63, 3.8) is 0 Å². The van der Waals surface area contributed by atoms with Gasteiger partial charge in [0.1, 0.15) is 19.0 Å². The van der Waals surface area contributed by atoms with Crippen molar-refractivity contribution in [3.8, 4) is 11.5 Å². The Bertz CT molecular complexity index is 1050. The summed E-state index contributed by atoms with van der Waals surface area (Å²) in [6, 6.07) is 16.3. The SMILES string of the molecule is Cc1nnc(CNC(=NCc2ccccc2)N(C)Cc2ccc3c(c2)OCCO3)n1C.I. The number of guanidine groups is 1. The van der Waals surface area contributed by atoms with Crippen molar-refractivity contribution in [2.45, 2.75) is 26.6 Å². The molecule has 1 aromatic heterocycles. The Morgan fingerprint density at radius 1 is 1.06 bits per heavy atom. The molecule has 0 atom stereocenters. The number of halogens is 1. The van der Waals surface area contributed by atoms with E-state index in [0.29, 0.717) is 32.8 Å². The number of aliphatic imine (C=N–C) groups is 1. The number of hydrogen-bond acceptors (Lipinski definition) is 5. The van der Waals surface area contributed by atoms with E-state index in [2.05, 4.69) is 38.6 Å². The van der Waals surface area contributed by atoms with Crippen molar-refractivity contribution in [1.82, 2.24) is 25.0 Å². The Balaban J connectivity index is 0.00000289. The highest BCUT2D eigenvalue weighted by molar-refractivity contribution is 14.0. The number of fused-ring (bicyclic) bond motifs is 1. The van der Waals surface area contributed by atoms with E-state index in [0.717, 1.165) is 40.2 Å². The molecule has 0 saturated carbocycles. The second-order valence-electron chi connectivity index (χ2n) is 7.54. The Hall–Kier alpha value is -2.82.